The lowest BCUT2D eigenvalue weighted by atomic mass is 10.1. The van der Waals surface area contributed by atoms with E-state index in [0.29, 0.717) is 12.4 Å². The summed E-state index contributed by atoms with van der Waals surface area (Å²) in [5.74, 6) is 0.602. The lowest BCUT2D eigenvalue weighted by Gasteiger charge is -2.18. The molecular weight excluding hydrogens is 206 g/mol. The zero-order valence-corrected chi connectivity index (χ0v) is 9.69. The van der Waals surface area contributed by atoms with E-state index in [1.165, 1.54) is 0 Å². The van der Waals surface area contributed by atoms with Crippen molar-refractivity contribution in [3.8, 4) is 0 Å². The Labute approximate surface area is 94.5 Å². The van der Waals surface area contributed by atoms with E-state index in [4.69, 9.17) is 4.74 Å². The van der Waals surface area contributed by atoms with E-state index in [9.17, 15) is 4.79 Å². The third kappa shape index (κ3) is 2.31. The van der Waals surface area contributed by atoms with Gasteiger partial charge < -0.3 is 9.72 Å². The molecule has 0 radical (unpaired) electrons. The number of aromatic amines is 1. The molecule has 2 heterocycles. The second kappa shape index (κ2) is 4.76. The zero-order chi connectivity index (χ0) is 11.5. The first-order valence-corrected chi connectivity index (χ1v) is 5.50. The van der Waals surface area contributed by atoms with Crippen molar-refractivity contribution in [2.24, 2.45) is 0 Å². The second-order valence-corrected chi connectivity index (χ2v) is 4.19. The van der Waals surface area contributed by atoms with Crippen molar-refractivity contribution < 1.29 is 4.74 Å². The second-order valence-electron chi connectivity index (χ2n) is 4.19. The molecule has 0 aliphatic carbocycles. The van der Waals surface area contributed by atoms with Gasteiger partial charge >= 0.3 is 0 Å². The molecule has 16 heavy (non-hydrogen) atoms. The van der Waals surface area contributed by atoms with E-state index in [1.807, 2.05) is 0 Å². The number of H-pyrrole nitrogens is 1. The Hall–Kier alpha value is -1.20. The van der Waals surface area contributed by atoms with Crippen molar-refractivity contribution in [2.75, 3.05) is 20.7 Å². The summed E-state index contributed by atoms with van der Waals surface area (Å²) in [6.07, 6.45) is 2.23. The molecule has 1 aliphatic heterocycles. The standard InChI is InChI=1S/C11H17N3O2/c1-14-5-3-4-9(14)8-6-11(15)13-10(12-8)7-16-2/h6,9H,3-5,7H2,1-2H3,(H,12,13,15)/t9-/m0/s1. The van der Waals surface area contributed by atoms with E-state index < -0.39 is 0 Å². The summed E-state index contributed by atoms with van der Waals surface area (Å²) in [5, 5.41) is 0. The third-order valence-electron chi connectivity index (χ3n) is 2.95. The number of nitrogens with zero attached hydrogens (tertiary/aromatic N) is 2. The molecule has 88 valence electrons. The van der Waals surface area contributed by atoms with Gasteiger partial charge in [0.1, 0.15) is 12.4 Å². The van der Waals surface area contributed by atoms with Gasteiger partial charge in [-0.2, -0.15) is 0 Å². The van der Waals surface area contributed by atoms with Crippen LogP contribution in [0.5, 0.6) is 0 Å². The highest BCUT2D eigenvalue weighted by atomic mass is 16.5. The lowest BCUT2D eigenvalue weighted by molar-refractivity contribution is 0.176. The van der Waals surface area contributed by atoms with Crippen LogP contribution in [-0.2, 0) is 11.3 Å². The topological polar surface area (TPSA) is 58.2 Å². The van der Waals surface area contributed by atoms with Crippen LogP contribution in [0, 0.1) is 0 Å². The molecule has 1 fully saturated rings. The molecule has 1 N–H and O–H groups in total. The SMILES string of the molecule is COCc1nc([C@@H]2CCCN2C)cc(=O)[nH]1. The summed E-state index contributed by atoms with van der Waals surface area (Å²) in [6, 6.07) is 1.86. The van der Waals surface area contributed by atoms with Crippen LogP contribution in [0.3, 0.4) is 0 Å². The van der Waals surface area contributed by atoms with Crippen molar-refractivity contribution in [3.05, 3.63) is 27.9 Å². The highest BCUT2D eigenvalue weighted by Gasteiger charge is 2.24. The first-order chi connectivity index (χ1) is 7.70. The Morgan fingerprint density at radius 1 is 1.69 bits per heavy atom. The summed E-state index contributed by atoms with van der Waals surface area (Å²) < 4.78 is 4.98. The van der Waals surface area contributed by atoms with Gasteiger partial charge in [-0.15, -0.1) is 0 Å². The van der Waals surface area contributed by atoms with Crippen molar-refractivity contribution in [2.45, 2.75) is 25.5 Å². The van der Waals surface area contributed by atoms with Crippen LogP contribution >= 0.6 is 0 Å². The highest BCUT2D eigenvalue weighted by Crippen LogP contribution is 2.28. The molecule has 5 heteroatoms. The molecule has 1 saturated heterocycles. The minimum absolute atomic E-state index is 0.0997. The molecule has 0 aromatic carbocycles. The fourth-order valence-corrected chi connectivity index (χ4v) is 2.19. The molecule has 2 rings (SSSR count). The molecular formula is C11H17N3O2. The van der Waals surface area contributed by atoms with Crippen LogP contribution in [0.25, 0.3) is 0 Å². The molecule has 0 amide bonds. The van der Waals surface area contributed by atoms with E-state index in [1.54, 1.807) is 13.2 Å². The predicted octanol–water partition coefficient (Wildman–Crippen LogP) is 0.683. The van der Waals surface area contributed by atoms with Crippen LogP contribution in [0.15, 0.2) is 10.9 Å². The number of hydrogen-bond donors (Lipinski definition) is 1. The van der Waals surface area contributed by atoms with Crippen LogP contribution in [0.2, 0.25) is 0 Å². The molecule has 5 nitrogen and oxygen atoms in total. The first kappa shape index (κ1) is 11.3. The normalized spacial score (nSPS) is 21.5. The van der Waals surface area contributed by atoms with Gasteiger partial charge in [0.15, 0.2) is 0 Å². The van der Waals surface area contributed by atoms with Crippen molar-refractivity contribution in [3.63, 3.8) is 0 Å². The van der Waals surface area contributed by atoms with Gasteiger partial charge in [0.05, 0.1) is 11.7 Å². The Kier molecular flexibility index (Phi) is 3.36. The van der Waals surface area contributed by atoms with E-state index in [-0.39, 0.29) is 11.6 Å². The number of aromatic nitrogens is 2. The average molecular weight is 223 g/mol. The molecule has 1 aromatic heterocycles. The maximum absolute atomic E-state index is 11.5. The summed E-state index contributed by atoms with van der Waals surface area (Å²) in [7, 11) is 3.66. The van der Waals surface area contributed by atoms with Gasteiger partial charge in [-0.05, 0) is 26.4 Å². The van der Waals surface area contributed by atoms with Crippen LogP contribution in [0.1, 0.15) is 30.4 Å². The van der Waals surface area contributed by atoms with E-state index in [2.05, 4.69) is 21.9 Å². The highest BCUT2D eigenvalue weighted by molar-refractivity contribution is 5.09. The fourth-order valence-electron chi connectivity index (χ4n) is 2.19. The Morgan fingerprint density at radius 3 is 3.12 bits per heavy atom. The van der Waals surface area contributed by atoms with Gasteiger partial charge in [-0.25, -0.2) is 4.98 Å². The van der Waals surface area contributed by atoms with Crippen LogP contribution in [0.4, 0.5) is 0 Å². The minimum Gasteiger partial charge on any atom is -0.377 e. The maximum Gasteiger partial charge on any atom is 0.251 e. The molecule has 1 atom stereocenters. The predicted molar refractivity (Wildman–Crippen MR) is 60.2 cm³/mol. The van der Waals surface area contributed by atoms with E-state index >= 15 is 0 Å². The molecule has 0 saturated carbocycles. The third-order valence-corrected chi connectivity index (χ3v) is 2.95. The lowest BCUT2D eigenvalue weighted by Crippen LogP contribution is -2.22. The molecule has 1 aromatic rings. The van der Waals surface area contributed by atoms with Gasteiger partial charge in [-0.1, -0.05) is 0 Å². The Balaban J connectivity index is 2.29. The number of ether oxygens (including phenoxy) is 1. The maximum atomic E-state index is 11.5. The largest absolute Gasteiger partial charge is 0.377 e. The molecule has 1 aliphatic rings. The Bertz CT molecular complexity index is 416. The number of hydrogen-bond acceptors (Lipinski definition) is 4. The number of nitrogens with one attached hydrogen (secondary N) is 1. The quantitative estimate of drug-likeness (QED) is 0.818. The minimum atomic E-state index is -0.0997. The van der Waals surface area contributed by atoms with Crippen molar-refractivity contribution in [1.29, 1.82) is 0 Å². The summed E-state index contributed by atoms with van der Waals surface area (Å²) in [5.41, 5.74) is 0.758. The fraction of sp³-hybridized carbons (Fsp3) is 0.636. The molecule has 0 unspecified atom stereocenters. The smallest absolute Gasteiger partial charge is 0.251 e. The number of methoxy groups -OCH3 is 1. The van der Waals surface area contributed by atoms with Gasteiger partial charge in [0.2, 0.25) is 0 Å². The monoisotopic (exact) mass is 223 g/mol. The number of likely N-dealkylation sites (tertiary alicyclic amines) is 1. The van der Waals surface area contributed by atoms with Gasteiger partial charge in [0.25, 0.3) is 5.56 Å². The summed E-state index contributed by atoms with van der Waals surface area (Å²) >= 11 is 0. The van der Waals surface area contributed by atoms with Crippen LogP contribution in [-0.4, -0.2) is 35.6 Å². The zero-order valence-electron chi connectivity index (χ0n) is 9.69. The summed E-state index contributed by atoms with van der Waals surface area (Å²) in [4.78, 5) is 20.8. The van der Waals surface area contributed by atoms with Crippen molar-refractivity contribution in [1.82, 2.24) is 14.9 Å². The average Bonchev–Trinajstić information content (AvgIpc) is 2.64. The molecule has 0 spiro atoms. The Morgan fingerprint density at radius 2 is 2.50 bits per heavy atom. The van der Waals surface area contributed by atoms with Gasteiger partial charge in [-0.3, -0.25) is 9.69 Å². The first-order valence-electron chi connectivity index (χ1n) is 5.50. The van der Waals surface area contributed by atoms with Crippen LogP contribution < -0.4 is 5.56 Å². The number of rotatable bonds is 3. The van der Waals surface area contributed by atoms with Crippen molar-refractivity contribution >= 4 is 0 Å². The summed E-state index contributed by atoms with van der Waals surface area (Å²) in [6.45, 7) is 1.41. The van der Waals surface area contributed by atoms with E-state index in [0.717, 1.165) is 25.1 Å². The molecule has 0 bridgehead atoms. The van der Waals surface area contributed by atoms with Gasteiger partial charge in [0, 0.05) is 13.2 Å².